The number of nitrogens with one attached hydrogen (secondary N) is 1. The topological polar surface area (TPSA) is 36.3 Å². The summed E-state index contributed by atoms with van der Waals surface area (Å²) in [5.41, 5.74) is 1.21. The van der Waals surface area contributed by atoms with Crippen LogP contribution in [0.1, 0.15) is 12.6 Å². The molecule has 0 radical (unpaired) electrons. The molecule has 1 N–H and O–H groups in total. The predicted molar refractivity (Wildman–Crippen MR) is 72.4 cm³/mol. The normalized spacial score (nSPS) is 13.1. The second-order valence-corrected chi connectivity index (χ2v) is 5.05. The van der Waals surface area contributed by atoms with E-state index in [0.29, 0.717) is 6.04 Å². The number of hydrogen-bond acceptors (Lipinski definition) is 4. The molecule has 98 valence electrons. The first kappa shape index (κ1) is 14.0. The Morgan fingerprint density at radius 3 is 2.47 bits per heavy atom. The van der Waals surface area contributed by atoms with E-state index in [1.54, 1.807) is 0 Å². The molecule has 1 rings (SSSR count). The maximum Gasteiger partial charge on any atom is 0.204 e. The van der Waals surface area contributed by atoms with Crippen molar-refractivity contribution in [1.82, 2.24) is 19.8 Å². The number of rotatable bonds is 6. The van der Waals surface area contributed by atoms with Crippen molar-refractivity contribution in [2.45, 2.75) is 19.5 Å². The molecule has 17 heavy (non-hydrogen) atoms. The van der Waals surface area contributed by atoms with Crippen LogP contribution in [0.3, 0.4) is 0 Å². The molecule has 0 spiro atoms. The highest BCUT2D eigenvalue weighted by molar-refractivity contribution is 5.30. The van der Waals surface area contributed by atoms with Gasteiger partial charge in [-0.2, -0.15) is 0 Å². The Morgan fingerprint density at radius 1 is 1.35 bits per heavy atom. The van der Waals surface area contributed by atoms with Gasteiger partial charge in [0.2, 0.25) is 5.95 Å². The molecule has 0 saturated carbocycles. The van der Waals surface area contributed by atoms with Gasteiger partial charge in [0.15, 0.2) is 0 Å². The van der Waals surface area contributed by atoms with Crippen molar-refractivity contribution in [3.63, 3.8) is 0 Å². The average Bonchev–Trinajstić information content (AvgIpc) is 2.55. The molecule has 1 aromatic rings. The van der Waals surface area contributed by atoms with Crippen molar-refractivity contribution in [1.29, 1.82) is 0 Å². The first-order valence-corrected chi connectivity index (χ1v) is 5.97. The lowest BCUT2D eigenvalue weighted by atomic mass is 10.3. The quantitative estimate of drug-likeness (QED) is 0.785. The van der Waals surface area contributed by atoms with Crippen LogP contribution in [0.4, 0.5) is 5.95 Å². The summed E-state index contributed by atoms with van der Waals surface area (Å²) in [7, 11) is 10.2. The summed E-state index contributed by atoms with van der Waals surface area (Å²) in [5, 5.41) is 3.50. The number of imidazole rings is 1. The SMILES string of the molecule is CC(CN(C)C)NCc1cnc(N(C)C)n1C. The van der Waals surface area contributed by atoms with E-state index in [1.807, 2.05) is 25.2 Å². The van der Waals surface area contributed by atoms with Crippen molar-refractivity contribution in [3.05, 3.63) is 11.9 Å². The first-order valence-electron chi connectivity index (χ1n) is 5.97. The third-order valence-electron chi connectivity index (χ3n) is 2.73. The average molecular weight is 239 g/mol. The van der Waals surface area contributed by atoms with Gasteiger partial charge in [0, 0.05) is 40.3 Å². The highest BCUT2D eigenvalue weighted by Crippen LogP contribution is 2.10. The van der Waals surface area contributed by atoms with Crippen LogP contribution >= 0.6 is 0 Å². The van der Waals surface area contributed by atoms with Crippen molar-refractivity contribution >= 4 is 5.95 Å². The summed E-state index contributed by atoms with van der Waals surface area (Å²) in [6, 6.07) is 0.475. The van der Waals surface area contributed by atoms with Crippen LogP contribution in [-0.4, -0.2) is 55.2 Å². The standard InChI is InChI=1S/C12H25N5/c1-10(9-15(2)3)13-7-11-8-14-12(16(4)5)17(11)6/h8,10,13H,7,9H2,1-6H3. The lowest BCUT2D eigenvalue weighted by Gasteiger charge is -2.18. The molecule has 5 heteroatoms. The van der Waals surface area contributed by atoms with Crippen molar-refractivity contribution in [2.24, 2.45) is 7.05 Å². The van der Waals surface area contributed by atoms with Crippen LogP contribution in [-0.2, 0) is 13.6 Å². The Hall–Kier alpha value is -1.07. The summed E-state index contributed by atoms with van der Waals surface area (Å²) in [6.07, 6.45) is 1.94. The fourth-order valence-electron chi connectivity index (χ4n) is 1.90. The molecule has 1 aromatic heterocycles. The lowest BCUT2D eigenvalue weighted by molar-refractivity contribution is 0.347. The summed E-state index contributed by atoms with van der Waals surface area (Å²) in [6.45, 7) is 4.09. The minimum absolute atomic E-state index is 0.475. The first-order chi connectivity index (χ1) is 7.91. The van der Waals surface area contributed by atoms with Gasteiger partial charge in [0.1, 0.15) is 0 Å². The molecule has 0 fully saturated rings. The van der Waals surface area contributed by atoms with E-state index in [0.717, 1.165) is 19.0 Å². The van der Waals surface area contributed by atoms with E-state index in [-0.39, 0.29) is 0 Å². The fourth-order valence-corrected chi connectivity index (χ4v) is 1.90. The minimum atomic E-state index is 0.475. The fraction of sp³-hybridized carbons (Fsp3) is 0.750. The van der Waals surface area contributed by atoms with Crippen LogP contribution < -0.4 is 10.2 Å². The molecule has 1 unspecified atom stereocenters. The number of likely N-dealkylation sites (N-methyl/N-ethyl adjacent to an activating group) is 1. The number of nitrogens with zero attached hydrogens (tertiary/aromatic N) is 4. The number of anilines is 1. The van der Waals surface area contributed by atoms with Crippen molar-refractivity contribution in [2.75, 3.05) is 39.6 Å². The van der Waals surface area contributed by atoms with Crippen LogP contribution in [0.5, 0.6) is 0 Å². The Balaban J connectivity index is 2.52. The van der Waals surface area contributed by atoms with Crippen molar-refractivity contribution < 1.29 is 0 Å². The van der Waals surface area contributed by atoms with Gasteiger partial charge in [-0.15, -0.1) is 0 Å². The van der Waals surface area contributed by atoms with Crippen LogP contribution in [0.25, 0.3) is 0 Å². The Labute approximate surface area is 104 Å². The third kappa shape index (κ3) is 4.02. The maximum atomic E-state index is 4.39. The summed E-state index contributed by atoms with van der Waals surface area (Å²) < 4.78 is 2.12. The molecule has 5 nitrogen and oxygen atoms in total. The highest BCUT2D eigenvalue weighted by Gasteiger charge is 2.09. The molecule has 0 bridgehead atoms. The second kappa shape index (κ2) is 6.02. The van der Waals surface area contributed by atoms with E-state index in [4.69, 9.17) is 0 Å². The minimum Gasteiger partial charge on any atom is -0.348 e. The van der Waals surface area contributed by atoms with Crippen LogP contribution in [0.15, 0.2) is 6.20 Å². The molecule has 0 aliphatic heterocycles. The predicted octanol–water partition coefficient (Wildman–Crippen LogP) is 0.526. The van der Waals surface area contributed by atoms with Crippen molar-refractivity contribution in [3.8, 4) is 0 Å². The van der Waals surface area contributed by atoms with Gasteiger partial charge in [-0.3, -0.25) is 0 Å². The molecule has 0 saturated heterocycles. The van der Waals surface area contributed by atoms with Gasteiger partial charge >= 0.3 is 0 Å². The molecule has 1 atom stereocenters. The summed E-state index contributed by atoms with van der Waals surface area (Å²) in [4.78, 5) is 8.60. The van der Waals surface area contributed by atoms with E-state index in [9.17, 15) is 0 Å². The van der Waals surface area contributed by atoms with Crippen LogP contribution in [0.2, 0.25) is 0 Å². The molecule has 0 aromatic carbocycles. The van der Waals surface area contributed by atoms with Crippen LogP contribution in [0, 0.1) is 0 Å². The smallest absolute Gasteiger partial charge is 0.204 e. The third-order valence-corrected chi connectivity index (χ3v) is 2.73. The molecule has 0 aliphatic rings. The maximum absolute atomic E-state index is 4.39. The highest BCUT2D eigenvalue weighted by atomic mass is 15.3. The molecular formula is C12H25N5. The summed E-state index contributed by atoms with van der Waals surface area (Å²) >= 11 is 0. The largest absolute Gasteiger partial charge is 0.348 e. The molecule has 0 amide bonds. The van der Waals surface area contributed by atoms with Gasteiger partial charge in [-0.1, -0.05) is 0 Å². The number of aromatic nitrogens is 2. The molecule has 1 heterocycles. The Morgan fingerprint density at radius 2 is 2.00 bits per heavy atom. The van der Waals surface area contributed by atoms with E-state index in [1.165, 1.54) is 5.69 Å². The molecular weight excluding hydrogens is 214 g/mol. The Kier molecular flexibility index (Phi) is 4.96. The zero-order valence-electron chi connectivity index (χ0n) is 11.9. The van der Waals surface area contributed by atoms with E-state index < -0.39 is 0 Å². The van der Waals surface area contributed by atoms with E-state index >= 15 is 0 Å². The van der Waals surface area contributed by atoms with Gasteiger partial charge in [0.05, 0.1) is 11.9 Å². The number of hydrogen-bond donors (Lipinski definition) is 1. The molecule has 0 aliphatic carbocycles. The zero-order chi connectivity index (χ0) is 13.0. The van der Waals surface area contributed by atoms with Gasteiger partial charge in [-0.25, -0.2) is 4.98 Å². The lowest BCUT2D eigenvalue weighted by Crippen LogP contribution is -2.35. The summed E-state index contributed by atoms with van der Waals surface area (Å²) in [5.74, 6) is 0.988. The Bertz CT molecular complexity index is 343. The van der Waals surface area contributed by atoms with Gasteiger partial charge in [0.25, 0.3) is 0 Å². The van der Waals surface area contributed by atoms with Gasteiger partial charge in [-0.05, 0) is 21.0 Å². The second-order valence-electron chi connectivity index (χ2n) is 5.05. The monoisotopic (exact) mass is 239 g/mol. The zero-order valence-corrected chi connectivity index (χ0v) is 11.9. The van der Waals surface area contributed by atoms with E-state index in [2.05, 4.69) is 47.8 Å². The van der Waals surface area contributed by atoms with Gasteiger partial charge < -0.3 is 19.7 Å².